The van der Waals surface area contributed by atoms with E-state index in [4.69, 9.17) is 10.9 Å². The summed E-state index contributed by atoms with van der Waals surface area (Å²) in [7, 11) is -3.70. The van der Waals surface area contributed by atoms with Gasteiger partial charge in [-0.05, 0) is 31.0 Å². The highest BCUT2D eigenvalue weighted by Gasteiger charge is 2.15. The van der Waals surface area contributed by atoms with Gasteiger partial charge in [-0.3, -0.25) is 0 Å². The van der Waals surface area contributed by atoms with E-state index in [0.717, 1.165) is 31.6 Å². The third-order valence-corrected chi connectivity index (χ3v) is 4.11. The first-order valence-corrected chi connectivity index (χ1v) is 7.70. The molecule has 6 heteroatoms. The van der Waals surface area contributed by atoms with Crippen LogP contribution in [-0.2, 0) is 10.0 Å². The van der Waals surface area contributed by atoms with Crippen molar-refractivity contribution in [2.75, 3.05) is 23.7 Å². The predicted octanol–water partition coefficient (Wildman–Crippen LogP) is 1.30. The van der Waals surface area contributed by atoms with Gasteiger partial charge in [0.15, 0.2) is 0 Å². The Morgan fingerprint density at radius 2 is 1.61 bits per heavy atom. The highest BCUT2D eigenvalue weighted by molar-refractivity contribution is 7.89. The highest BCUT2D eigenvalue weighted by atomic mass is 32.2. The second-order valence-corrected chi connectivity index (χ2v) is 6.27. The summed E-state index contributed by atoms with van der Waals surface area (Å²) in [5.74, 6) is 0. The number of nitrogens with zero attached hydrogens (tertiary/aromatic N) is 1. The van der Waals surface area contributed by atoms with Gasteiger partial charge in [0.05, 0.1) is 4.90 Å². The van der Waals surface area contributed by atoms with Crippen LogP contribution in [0, 0.1) is 0 Å². The van der Waals surface area contributed by atoms with Crippen LogP contribution in [0.4, 0.5) is 11.4 Å². The molecule has 0 bridgehead atoms. The van der Waals surface area contributed by atoms with Crippen LogP contribution in [0.25, 0.3) is 0 Å². The van der Waals surface area contributed by atoms with Crippen molar-refractivity contribution < 1.29 is 8.42 Å². The fourth-order valence-electron chi connectivity index (χ4n) is 2.28. The maximum Gasteiger partial charge on any atom is 0.238 e. The van der Waals surface area contributed by atoms with Gasteiger partial charge >= 0.3 is 0 Å². The van der Waals surface area contributed by atoms with E-state index in [0.29, 0.717) is 5.69 Å². The van der Waals surface area contributed by atoms with Gasteiger partial charge in [-0.1, -0.05) is 12.8 Å². The minimum Gasteiger partial charge on any atom is -0.399 e. The highest BCUT2D eigenvalue weighted by Crippen LogP contribution is 2.25. The van der Waals surface area contributed by atoms with Gasteiger partial charge in [0.25, 0.3) is 0 Å². The molecule has 1 aliphatic heterocycles. The zero-order valence-corrected chi connectivity index (χ0v) is 11.1. The number of nitrogen functional groups attached to an aromatic ring is 1. The van der Waals surface area contributed by atoms with Crippen LogP contribution >= 0.6 is 0 Å². The first-order chi connectivity index (χ1) is 8.47. The molecular formula is C12H19N3O2S. The fraction of sp³-hybridized carbons (Fsp3) is 0.500. The van der Waals surface area contributed by atoms with E-state index in [1.165, 1.54) is 18.9 Å². The SMILES string of the molecule is Nc1cc(N2CCCCCC2)cc(S(N)(=O)=O)c1. The van der Waals surface area contributed by atoms with Crippen molar-refractivity contribution in [3.8, 4) is 0 Å². The van der Waals surface area contributed by atoms with Crippen LogP contribution < -0.4 is 15.8 Å². The number of rotatable bonds is 2. The summed E-state index contributed by atoms with van der Waals surface area (Å²) in [5, 5.41) is 5.15. The van der Waals surface area contributed by atoms with E-state index in [1.807, 2.05) is 0 Å². The van der Waals surface area contributed by atoms with Gasteiger partial charge in [0.1, 0.15) is 0 Å². The molecule has 1 heterocycles. The molecule has 0 radical (unpaired) electrons. The fourth-order valence-corrected chi connectivity index (χ4v) is 2.87. The maximum absolute atomic E-state index is 11.4. The standard InChI is InChI=1S/C12H19N3O2S/c13-10-7-11(9-12(8-10)18(14,16)17)15-5-3-1-2-4-6-15/h7-9H,1-6,13H2,(H2,14,16,17). The second-order valence-electron chi connectivity index (χ2n) is 4.71. The second kappa shape index (κ2) is 5.16. The molecule has 2 rings (SSSR count). The predicted molar refractivity (Wildman–Crippen MR) is 72.9 cm³/mol. The smallest absolute Gasteiger partial charge is 0.238 e. The average molecular weight is 269 g/mol. The van der Waals surface area contributed by atoms with E-state index >= 15 is 0 Å². The zero-order valence-electron chi connectivity index (χ0n) is 10.3. The summed E-state index contributed by atoms with van der Waals surface area (Å²) >= 11 is 0. The number of hydrogen-bond acceptors (Lipinski definition) is 4. The Hall–Kier alpha value is -1.27. The molecule has 0 amide bonds. The Kier molecular flexibility index (Phi) is 3.77. The summed E-state index contributed by atoms with van der Waals surface area (Å²) in [6.45, 7) is 1.88. The Morgan fingerprint density at radius 3 is 2.17 bits per heavy atom. The van der Waals surface area contributed by atoms with Gasteiger partial charge in [-0.25, -0.2) is 13.6 Å². The Labute approximate surface area is 108 Å². The summed E-state index contributed by atoms with van der Waals surface area (Å²) in [5.41, 5.74) is 7.03. The molecule has 1 aliphatic rings. The largest absolute Gasteiger partial charge is 0.399 e. The number of hydrogen-bond donors (Lipinski definition) is 2. The monoisotopic (exact) mass is 269 g/mol. The third kappa shape index (κ3) is 3.14. The zero-order chi connectivity index (χ0) is 13.2. The third-order valence-electron chi connectivity index (χ3n) is 3.21. The van der Waals surface area contributed by atoms with Crippen LogP contribution in [0.3, 0.4) is 0 Å². The van der Waals surface area contributed by atoms with Gasteiger partial charge < -0.3 is 10.6 Å². The van der Waals surface area contributed by atoms with Gasteiger partial charge in [0, 0.05) is 24.5 Å². The van der Waals surface area contributed by atoms with E-state index in [-0.39, 0.29) is 4.90 Å². The van der Waals surface area contributed by atoms with Crippen LogP contribution in [0.5, 0.6) is 0 Å². The molecule has 0 saturated carbocycles. The Morgan fingerprint density at radius 1 is 1.00 bits per heavy atom. The topological polar surface area (TPSA) is 89.4 Å². The van der Waals surface area contributed by atoms with Gasteiger partial charge in [0.2, 0.25) is 10.0 Å². The van der Waals surface area contributed by atoms with Crippen molar-refractivity contribution in [3.05, 3.63) is 18.2 Å². The van der Waals surface area contributed by atoms with Crippen molar-refractivity contribution >= 4 is 21.4 Å². The molecule has 1 saturated heterocycles. The summed E-state index contributed by atoms with van der Waals surface area (Å²) in [4.78, 5) is 2.26. The van der Waals surface area contributed by atoms with E-state index in [9.17, 15) is 8.42 Å². The minimum absolute atomic E-state index is 0.0850. The quantitative estimate of drug-likeness (QED) is 0.792. The van der Waals surface area contributed by atoms with Crippen LogP contribution in [-0.4, -0.2) is 21.5 Å². The van der Waals surface area contributed by atoms with Crippen molar-refractivity contribution in [2.45, 2.75) is 30.6 Å². The lowest BCUT2D eigenvalue weighted by atomic mass is 10.2. The molecule has 18 heavy (non-hydrogen) atoms. The summed E-state index contributed by atoms with van der Waals surface area (Å²) in [6, 6.07) is 4.81. The van der Waals surface area contributed by atoms with Gasteiger partial charge in [-0.2, -0.15) is 0 Å². The Balaban J connectivity index is 2.35. The number of nitrogens with two attached hydrogens (primary N) is 2. The van der Waals surface area contributed by atoms with Crippen LogP contribution in [0.1, 0.15) is 25.7 Å². The normalized spacial score (nSPS) is 17.5. The lowest BCUT2D eigenvalue weighted by Gasteiger charge is -2.23. The summed E-state index contributed by atoms with van der Waals surface area (Å²) in [6.07, 6.45) is 4.70. The molecule has 5 nitrogen and oxygen atoms in total. The average Bonchev–Trinajstić information content (AvgIpc) is 2.55. The van der Waals surface area contributed by atoms with Crippen LogP contribution in [0.2, 0.25) is 0 Å². The van der Waals surface area contributed by atoms with E-state index < -0.39 is 10.0 Å². The lowest BCUT2D eigenvalue weighted by Crippen LogP contribution is -2.24. The maximum atomic E-state index is 11.4. The molecule has 1 fully saturated rings. The number of primary sulfonamides is 1. The first-order valence-electron chi connectivity index (χ1n) is 6.15. The number of benzene rings is 1. The van der Waals surface area contributed by atoms with E-state index in [1.54, 1.807) is 12.1 Å². The minimum atomic E-state index is -3.70. The molecule has 0 atom stereocenters. The molecule has 4 N–H and O–H groups in total. The molecule has 0 aromatic heterocycles. The molecular weight excluding hydrogens is 250 g/mol. The molecule has 0 aliphatic carbocycles. The molecule has 0 spiro atoms. The van der Waals surface area contributed by atoms with Crippen LogP contribution in [0.15, 0.2) is 23.1 Å². The molecule has 1 aromatic carbocycles. The van der Waals surface area contributed by atoms with Crippen molar-refractivity contribution in [1.29, 1.82) is 0 Å². The summed E-state index contributed by atoms with van der Waals surface area (Å²) < 4.78 is 22.8. The van der Waals surface area contributed by atoms with E-state index in [2.05, 4.69) is 4.90 Å². The number of anilines is 2. The van der Waals surface area contributed by atoms with Crippen molar-refractivity contribution in [3.63, 3.8) is 0 Å². The number of sulfonamides is 1. The van der Waals surface area contributed by atoms with Crippen molar-refractivity contribution in [2.24, 2.45) is 5.14 Å². The van der Waals surface area contributed by atoms with Gasteiger partial charge in [-0.15, -0.1) is 0 Å². The lowest BCUT2D eigenvalue weighted by molar-refractivity contribution is 0.597. The Bertz CT molecular complexity index is 520. The first kappa shape index (κ1) is 13.2. The van der Waals surface area contributed by atoms with Crippen molar-refractivity contribution in [1.82, 2.24) is 0 Å². The molecule has 0 unspecified atom stereocenters. The molecule has 1 aromatic rings. The molecule has 100 valence electrons.